The van der Waals surface area contributed by atoms with Gasteiger partial charge in [0.1, 0.15) is 12.4 Å². The van der Waals surface area contributed by atoms with Gasteiger partial charge >= 0.3 is 0 Å². The molecular weight excluding hydrogens is 448 g/mol. The van der Waals surface area contributed by atoms with E-state index in [-0.39, 0.29) is 0 Å². The van der Waals surface area contributed by atoms with E-state index in [1.807, 2.05) is 0 Å². The maximum atomic E-state index is 2.49. The molecule has 3 rings (SSSR count). The Bertz CT molecular complexity index is 928. The van der Waals surface area contributed by atoms with Crippen LogP contribution in [0.4, 0.5) is 0 Å². The number of hydrogen-bond donors (Lipinski definition) is 0. The monoisotopic (exact) mass is 501 g/mol. The highest BCUT2D eigenvalue weighted by Crippen LogP contribution is 2.18. The van der Waals surface area contributed by atoms with E-state index >= 15 is 0 Å². The molecule has 0 aliphatic carbocycles. The highest BCUT2D eigenvalue weighted by molar-refractivity contribution is 5.52. The van der Waals surface area contributed by atoms with E-state index in [1.165, 1.54) is 113 Å². The maximum Gasteiger partial charge on any atom is 0.288 e. The van der Waals surface area contributed by atoms with Crippen molar-refractivity contribution in [2.24, 2.45) is 0 Å². The van der Waals surface area contributed by atoms with E-state index in [2.05, 4.69) is 89.1 Å². The summed E-state index contributed by atoms with van der Waals surface area (Å²) < 4.78 is 4.95. The summed E-state index contributed by atoms with van der Waals surface area (Å²) in [6, 6.07) is 21.8. The Morgan fingerprint density at radius 3 is 1.65 bits per heavy atom. The number of unbranched alkanes of at least 4 members (excludes halogenated alkanes) is 14. The van der Waals surface area contributed by atoms with E-state index in [9.17, 15) is 0 Å². The summed E-state index contributed by atoms with van der Waals surface area (Å²) in [5.74, 6) is 1.36. The van der Waals surface area contributed by atoms with Crippen LogP contribution >= 0.6 is 0 Å². The van der Waals surface area contributed by atoms with E-state index in [0.717, 1.165) is 25.9 Å². The van der Waals surface area contributed by atoms with Gasteiger partial charge in [-0.25, -0.2) is 9.13 Å². The molecule has 2 heteroatoms. The maximum absolute atomic E-state index is 2.49. The van der Waals surface area contributed by atoms with Gasteiger partial charge in [0.2, 0.25) is 0 Å². The van der Waals surface area contributed by atoms with Crippen molar-refractivity contribution in [3.8, 4) is 11.4 Å². The Balaban J connectivity index is 1.31. The van der Waals surface area contributed by atoms with Gasteiger partial charge in [-0.3, -0.25) is 0 Å². The molecule has 0 radical (unpaired) electrons. The molecule has 1 heterocycles. The van der Waals surface area contributed by atoms with E-state index in [1.54, 1.807) is 0 Å². The highest BCUT2D eigenvalue weighted by atomic mass is 15.1. The molecular formula is C35H53N2+. The lowest BCUT2D eigenvalue weighted by Crippen LogP contribution is -2.35. The van der Waals surface area contributed by atoms with Crippen molar-refractivity contribution in [2.45, 2.75) is 129 Å². The fraction of sp³-hybridized carbons (Fsp3) is 0.571. The number of rotatable bonds is 21. The quantitative estimate of drug-likeness (QED) is 0.101. The third kappa shape index (κ3) is 11.7. The molecule has 2 nitrogen and oxygen atoms in total. The molecule has 0 saturated carbocycles. The summed E-state index contributed by atoms with van der Waals surface area (Å²) in [7, 11) is 0. The number of imidazole rings is 1. The predicted octanol–water partition coefficient (Wildman–Crippen LogP) is 9.95. The Morgan fingerprint density at radius 2 is 1.08 bits per heavy atom. The first-order valence-corrected chi connectivity index (χ1v) is 15.6. The van der Waals surface area contributed by atoms with Crippen molar-refractivity contribution in [1.29, 1.82) is 0 Å². The Morgan fingerprint density at radius 1 is 0.568 bits per heavy atom. The number of benzene rings is 2. The van der Waals surface area contributed by atoms with Gasteiger partial charge in [0.15, 0.2) is 0 Å². The van der Waals surface area contributed by atoms with Crippen LogP contribution in [0.5, 0.6) is 0 Å². The van der Waals surface area contributed by atoms with Crippen LogP contribution in [0.25, 0.3) is 11.4 Å². The van der Waals surface area contributed by atoms with Gasteiger partial charge in [-0.1, -0.05) is 139 Å². The van der Waals surface area contributed by atoms with Crippen LogP contribution in [0.1, 0.15) is 115 Å². The van der Waals surface area contributed by atoms with Crippen LogP contribution < -0.4 is 4.57 Å². The molecule has 37 heavy (non-hydrogen) atoms. The third-order valence-corrected chi connectivity index (χ3v) is 7.71. The minimum absolute atomic E-state index is 1.06. The molecule has 0 aliphatic heterocycles. The van der Waals surface area contributed by atoms with Crippen LogP contribution in [0.15, 0.2) is 73.1 Å². The summed E-state index contributed by atoms with van der Waals surface area (Å²) in [4.78, 5) is 0. The summed E-state index contributed by atoms with van der Waals surface area (Å²) in [5.41, 5.74) is 2.76. The Labute approximate surface area is 228 Å². The van der Waals surface area contributed by atoms with E-state index in [0.29, 0.717) is 0 Å². The van der Waals surface area contributed by atoms with Gasteiger partial charge in [0, 0.05) is 0 Å². The number of aryl methyl sites for hydroxylation is 3. The van der Waals surface area contributed by atoms with E-state index < -0.39 is 0 Å². The second-order valence-corrected chi connectivity index (χ2v) is 10.9. The zero-order chi connectivity index (χ0) is 25.8. The predicted molar refractivity (Wildman–Crippen MR) is 160 cm³/mol. The zero-order valence-corrected chi connectivity index (χ0v) is 23.8. The van der Waals surface area contributed by atoms with Gasteiger partial charge in [-0.05, 0) is 43.4 Å². The molecule has 0 saturated heterocycles. The summed E-state index contributed by atoms with van der Waals surface area (Å²) in [6.45, 7) is 4.48. The lowest BCUT2D eigenvalue weighted by molar-refractivity contribution is -0.685. The fourth-order valence-electron chi connectivity index (χ4n) is 5.50. The Kier molecular flexibility index (Phi) is 14.9. The zero-order valence-electron chi connectivity index (χ0n) is 23.8. The van der Waals surface area contributed by atoms with Gasteiger partial charge in [-0.2, -0.15) is 0 Å². The molecule has 0 fully saturated rings. The topological polar surface area (TPSA) is 8.81 Å². The van der Waals surface area contributed by atoms with Crippen LogP contribution in [0, 0.1) is 0 Å². The van der Waals surface area contributed by atoms with Crippen molar-refractivity contribution < 1.29 is 4.57 Å². The van der Waals surface area contributed by atoms with E-state index in [4.69, 9.17) is 0 Å². The van der Waals surface area contributed by atoms with Crippen molar-refractivity contribution in [3.63, 3.8) is 0 Å². The minimum Gasteiger partial charge on any atom is -0.230 e. The molecule has 0 amide bonds. The summed E-state index contributed by atoms with van der Waals surface area (Å²) in [5, 5.41) is 0. The molecule has 0 spiro atoms. The average molecular weight is 502 g/mol. The van der Waals surface area contributed by atoms with Crippen molar-refractivity contribution in [1.82, 2.24) is 4.57 Å². The molecule has 3 aromatic rings. The molecule has 0 aliphatic rings. The lowest BCUT2D eigenvalue weighted by atomic mass is 10.0. The molecule has 202 valence electrons. The number of nitrogens with zero attached hydrogens (tertiary/aromatic N) is 2. The first-order chi connectivity index (χ1) is 18.4. The molecule has 0 atom stereocenters. The van der Waals surface area contributed by atoms with Crippen molar-refractivity contribution in [2.75, 3.05) is 0 Å². The SMILES string of the molecule is CCCCCCCCCCCCCCCCCn1cc[n+](CCCc2ccccc2)c1-c1ccccc1. The van der Waals surface area contributed by atoms with Crippen LogP contribution in [0.3, 0.4) is 0 Å². The van der Waals surface area contributed by atoms with Gasteiger partial charge in [0.05, 0.1) is 18.7 Å². The molecule has 0 unspecified atom stereocenters. The number of hydrogen-bond acceptors (Lipinski definition) is 0. The minimum atomic E-state index is 1.06. The summed E-state index contributed by atoms with van der Waals surface area (Å²) >= 11 is 0. The van der Waals surface area contributed by atoms with Crippen LogP contribution in [-0.4, -0.2) is 4.57 Å². The molecule has 1 aromatic heterocycles. The molecule has 0 N–H and O–H groups in total. The van der Waals surface area contributed by atoms with Gasteiger partial charge in [-0.15, -0.1) is 0 Å². The fourth-order valence-corrected chi connectivity index (χ4v) is 5.50. The second-order valence-electron chi connectivity index (χ2n) is 10.9. The third-order valence-electron chi connectivity index (χ3n) is 7.71. The summed E-state index contributed by atoms with van der Waals surface area (Å²) in [6.07, 6.45) is 28.1. The standard InChI is InChI=1S/C35H53N2/c1-2-3-4-5-6-7-8-9-10-11-12-13-14-15-22-29-36-31-32-37(35(36)34-27-20-17-21-28-34)30-23-26-33-24-18-16-19-25-33/h16-21,24-25,27-28,31-32H,2-15,22-23,26,29-30H2,1H3/q+1. The van der Waals surface area contributed by atoms with Crippen molar-refractivity contribution in [3.05, 3.63) is 78.6 Å². The number of aromatic nitrogens is 2. The average Bonchev–Trinajstić information content (AvgIpc) is 3.34. The molecule has 0 bridgehead atoms. The highest BCUT2D eigenvalue weighted by Gasteiger charge is 2.18. The first kappa shape index (κ1) is 29.2. The van der Waals surface area contributed by atoms with Crippen LogP contribution in [0.2, 0.25) is 0 Å². The van der Waals surface area contributed by atoms with Gasteiger partial charge in [0.25, 0.3) is 5.82 Å². The normalized spacial score (nSPS) is 11.3. The lowest BCUT2D eigenvalue weighted by Gasteiger charge is -2.07. The molecule has 2 aromatic carbocycles. The van der Waals surface area contributed by atoms with Crippen molar-refractivity contribution >= 4 is 0 Å². The second kappa shape index (κ2) is 18.8. The largest absolute Gasteiger partial charge is 0.288 e. The van der Waals surface area contributed by atoms with Crippen LogP contribution in [-0.2, 0) is 19.5 Å². The Hall–Kier alpha value is -2.35. The van der Waals surface area contributed by atoms with Gasteiger partial charge < -0.3 is 0 Å². The first-order valence-electron chi connectivity index (χ1n) is 15.6. The smallest absolute Gasteiger partial charge is 0.230 e.